The summed E-state index contributed by atoms with van der Waals surface area (Å²) in [5.41, 5.74) is 0.526. The summed E-state index contributed by atoms with van der Waals surface area (Å²) in [4.78, 5) is 23.7. The van der Waals surface area contributed by atoms with Crippen molar-refractivity contribution in [2.24, 2.45) is 0 Å². The molecule has 1 amide bonds. The Morgan fingerprint density at radius 1 is 1.12 bits per heavy atom. The van der Waals surface area contributed by atoms with Crippen molar-refractivity contribution in [1.82, 2.24) is 0 Å². The summed E-state index contributed by atoms with van der Waals surface area (Å²) in [6, 6.07) is 12.7. The molecule has 0 aliphatic heterocycles. The fourth-order valence-electron chi connectivity index (χ4n) is 2.94. The first-order chi connectivity index (χ1) is 11.5. The first-order valence-corrected chi connectivity index (χ1v) is 7.86. The van der Waals surface area contributed by atoms with Crippen molar-refractivity contribution in [1.29, 1.82) is 0 Å². The van der Waals surface area contributed by atoms with Crippen molar-refractivity contribution in [3.8, 4) is 5.75 Å². The van der Waals surface area contributed by atoms with Gasteiger partial charge in [0.1, 0.15) is 11.6 Å². The van der Waals surface area contributed by atoms with Crippen LogP contribution >= 0.6 is 0 Å². The zero-order chi connectivity index (χ0) is 17.2. The number of amides is 1. The van der Waals surface area contributed by atoms with E-state index >= 15 is 0 Å². The Morgan fingerprint density at radius 2 is 1.83 bits per heavy atom. The SMILES string of the molecule is CC(=O)Nc1ccc(OC(=O)C2(c3cccc(F)c3)CCC2)cc1. The largest absolute Gasteiger partial charge is 0.426 e. The lowest BCUT2D eigenvalue weighted by Crippen LogP contribution is -2.45. The molecule has 4 nitrogen and oxygen atoms in total. The smallest absolute Gasteiger partial charge is 0.321 e. The molecular formula is C19H18FNO3. The van der Waals surface area contributed by atoms with E-state index in [1.807, 2.05) is 0 Å². The molecule has 24 heavy (non-hydrogen) atoms. The molecule has 0 unspecified atom stereocenters. The molecule has 1 saturated carbocycles. The van der Waals surface area contributed by atoms with E-state index in [4.69, 9.17) is 4.74 Å². The Balaban J connectivity index is 1.77. The van der Waals surface area contributed by atoms with Crippen LogP contribution in [0.25, 0.3) is 0 Å². The number of halogens is 1. The summed E-state index contributed by atoms with van der Waals surface area (Å²) in [5, 5.41) is 2.65. The van der Waals surface area contributed by atoms with E-state index in [9.17, 15) is 14.0 Å². The molecular weight excluding hydrogens is 309 g/mol. The van der Waals surface area contributed by atoms with Gasteiger partial charge in [0.15, 0.2) is 0 Å². The van der Waals surface area contributed by atoms with Crippen molar-refractivity contribution in [3.05, 3.63) is 59.9 Å². The van der Waals surface area contributed by atoms with Crippen LogP contribution in [0.2, 0.25) is 0 Å². The van der Waals surface area contributed by atoms with Crippen LogP contribution in [-0.2, 0) is 15.0 Å². The molecule has 0 atom stereocenters. The maximum absolute atomic E-state index is 13.5. The Hall–Kier alpha value is -2.69. The van der Waals surface area contributed by atoms with Crippen LogP contribution in [0.5, 0.6) is 5.75 Å². The first-order valence-electron chi connectivity index (χ1n) is 7.86. The standard InChI is InChI=1S/C19H18FNO3/c1-13(22)21-16-6-8-17(9-7-16)24-18(23)19(10-3-11-19)14-4-2-5-15(20)12-14/h2,4-9,12H,3,10-11H2,1H3,(H,21,22). The van der Waals surface area contributed by atoms with E-state index < -0.39 is 5.41 Å². The van der Waals surface area contributed by atoms with Crippen molar-refractivity contribution in [2.75, 3.05) is 5.32 Å². The van der Waals surface area contributed by atoms with Crippen LogP contribution < -0.4 is 10.1 Å². The van der Waals surface area contributed by atoms with Gasteiger partial charge in [-0.2, -0.15) is 0 Å². The van der Waals surface area contributed by atoms with E-state index in [0.717, 1.165) is 6.42 Å². The number of ether oxygens (including phenoxy) is 1. The second-order valence-corrected chi connectivity index (χ2v) is 6.04. The van der Waals surface area contributed by atoms with Crippen molar-refractivity contribution in [2.45, 2.75) is 31.6 Å². The van der Waals surface area contributed by atoms with Crippen molar-refractivity contribution < 1.29 is 18.7 Å². The maximum Gasteiger partial charge on any atom is 0.321 e. The molecule has 2 aromatic carbocycles. The molecule has 1 fully saturated rings. The monoisotopic (exact) mass is 327 g/mol. The zero-order valence-electron chi connectivity index (χ0n) is 13.3. The Morgan fingerprint density at radius 3 is 2.38 bits per heavy atom. The summed E-state index contributed by atoms with van der Waals surface area (Å²) in [6.45, 7) is 1.42. The normalized spacial score (nSPS) is 15.2. The van der Waals surface area contributed by atoms with E-state index in [2.05, 4.69) is 5.32 Å². The number of hydrogen-bond acceptors (Lipinski definition) is 3. The quantitative estimate of drug-likeness (QED) is 0.686. The van der Waals surface area contributed by atoms with Gasteiger partial charge in [-0.15, -0.1) is 0 Å². The topological polar surface area (TPSA) is 55.4 Å². The van der Waals surface area contributed by atoms with E-state index in [0.29, 0.717) is 29.8 Å². The van der Waals surface area contributed by atoms with E-state index in [1.54, 1.807) is 36.4 Å². The molecule has 124 valence electrons. The second-order valence-electron chi connectivity index (χ2n) is 6.04. The summed E-state index contributed by atoms with van der Waals surface area (Å²) < 4.78 is 19.0. The highest BCUT2D eigenvalue weighted by Crippen LogP contribution is 2.45. The summed E-state index contributed by atoms with van der Waals surface area (Å²) in [5.74, 6) is -0.492. The number of anilines is 1. The summed E-state index contributed by atoms with van der Waals surface area (Å²) in [6.07, 6.45) is 2.21. The third-order valence-corrected chi connectivity index (χ3v) is 4.36. The average molecular weight is 327 g/mol. The lowest BCUT2D eigenvalue weighted by molar-refractivity contribution is -0.144. The van der Waals surface area contributed by atoms with Gasteiger partial charge in [0, 0.05) is 12.6 Å². The molecule has 0 radical (unpaired) electrons. The Labute approximate surface area is 139 Å². The predicted molar refractivity (Wildman–Crippen MR) is 88.3 cm³/mol. The minimum atomic E-state index is -0.765. The molecule has 0 heterocycles. The zero-order valence-corrected chi connectivity index (χ0v) is 13.3. The van der Waals surface area contributed by atoms with E-state index in [1.165, 1.54) is 19.1 Å². The van der Waals surface area contributed by atoms with Gasteiger partial charge in [0.2, 0.25) is 5.91 Å². The minimum Gasteiger partial charge on any atom is -0.426 e. The van der Waals surface area contributed by atoms with Gasteiger partial charge in [-0.3, -0.25) is 9.59 Å². The predicted octanol–water partition coefficient (Wildman–Crippen LogP) is 3.81. The number of hydrogen-bond donors (Lipinski definition) is 1. The van der Waals surface area contributed by atoms with E-state index in [-0.39, 0.29) is 17.7 Å². The molecule has 1 aliphatic carbocycles. The third-order valence-electron chi connectivity index (χ3n) is 4.36. The van der Waals surface area contributed by atoms with Crippen LogP contribution in [0.1, 0.15) is 31.7 Å². The summed E-state index contributed by atoms with van der Waals surface area (Å²) in [7, 11) is 0. The highest BCUT2D eigenvalue weighted by Gasteiger charge is 2.47. The number of benzene rings is 2. The molecule has 2 aromatic rings. The van der Waals surface area contributed by atoms with Gasteiger partial charge in [-0.05, 0) is 54.8 Å². The van der Waals surface area contributed by atoms with Crippen LogP contribution in [-0.4, -0.2) is 11.9 Å². The summed E-state index contributed by atoms with van der Waals surface area (Å²) >= 11 is 0. The minimum absolute atomic E-state index is 0.167. The third kappa shape index (κ3) is 3.15. The second kappa shape index (κ2) is 6.43. The molecule has 1 aliphatic rings. The maximum atomic E-state index is 13.5. The van der Waals surface area contributed by atoms with Crippen LogP contribution in [0.15, 0.2) is 48.5 Å². The highest BCUT2D eigenvalue weighted by molar-refractivity contribution is 5.89. The number of rotatable bonds is 4. The van der Waals surface area contributed by atoms with Crippen molar-refractivity contribution >= 4 is 17.6 Å². The number of carbonyl (C=O) groups is 2. The Bertz CT molecular complexity index is 766. The highest BCUT2D eigenvalue weighted by atomic mass is 19.1. The number of nitrogens with one attached hydrogen (secondary N) is 1. The van der Waals surface area contributed by atoms with Gasteiger partial charge in [-0.1, -0.05) is 18.6 Å². The van der Waals surface area contributed by atoms with Gasteiger partial charge >= 0.3 is 5.97 Å². The van der Waals surface area contributed by atoms with Crippen LogP contribution in [0.4, 0.5) is 10.1 Å². The number of esters is 1. The van der Waals surface area contributed by atoms with Crippen LogP contribution in [0, 0.1) is 5.82 Å². The molecule has 0 spiro atoms. The molecule has 5 heteroatoms. The van der Waals surface area contributed by atoms with Gasteiger partial charge in [-0.25, -0.2) is 4.39 Å². The fraction of sp³-hybridized carbons (Fsp3) is 0.263. The number of carbonyl (C=O) groups excluding carboxylic acids is 2. The average Bonchev–Trinajstić information content (AvgIpc) is 2.48. The molecule has 1 N–H and O–H groups in total. The lowest BCUT2D eigenvalue weighted by atomic mass is 9.64. The molecule has 0 aromatic heterocycles. The first kappa shape index (κ1) is 16.2. The van der Waals surface area contributed by atoms with Crippen LogP contribution in [0.3, 0.4) is 0 Å². The fourth-order valence-corrected chi connectivity index (χ4v) is 2.94. The van der Waals surface area contributed by atoms with Gasteiger partial charge in [0.05, 0.1) is 5.41 Å². The van der Waals surface area contributed by atoms with Crippen molar-refractivity contribution in [3.63, 3.8) is 0 Å². The molecule has 0 bridgehead atoms. The molecule has 0 saturated heterocycles. The molecule has 3 rings (SSSR count). The Kier molecular flexibility index (Phi) is 4.34. The van der Waals surface area contributed by atoms with Gasteiger partial charge < -0.3 is 10.1 Å². The lowest BCUT2D eigenvalue weighted by Gasteiger charge is -2.39. The van der Waals surface area contributed by atoms with Gasteiger partial charge in [0.25, 0.3) is 0 Å².